The molecule has 2 fully saturated rings. The first-order valence-electron chi connectivity index (χ1n) is 11.2. The molecule has 2 aromatic carbocycles. The van der Waals surface area contributed by atoms with Gasteiger partial charge in [-0.15, -0.1) is 0 Å². The van der Waals surface area contributed by atoms with Gasteiger partial charge >= 0.3 is 0 Å². The molecular weight excluding hydrogens is 480 g/mol. The van der Waals surface area contributed by atoms with Crippen molar-refractivity contribution in [1.82, 2.24) is 14.5 Å². The number of fused-ring (bicyclic) bond motifs is 1. The fourth-order valence-electron chi connectivity index (χ4n) is 4.68. The van der Waals surface area contributed by atoms with Crippen molar-refractivity contribution < 1.29 is 22.8 Å². The maximum atomic E-state index is 13.1. The zero-order valence-corrected chi connectivity index (χ0v) is 20.3. The Morgan fingerprint density at radius 1 is 1.09 bits per heavy atom. The maximum Gasteiger partial charge on any atom is 0.245 e. The second kappa shape index (κ2) is 9.52. The van der Waals surface area contributed by atoms with E-state index in [-0.39, 0.29) is 23.8 Å². The number of sulfonamides is 1. The number of nitrogens with two attached hydrogens (primary N) is 1. The van der Waals surface area contributed by atoms with E-state index < -0.39 is 40.0 Å². The van der Waals surface area contributed by atoms with Gasteiger partial charge in [0.25, 0.3) is 0 Å². The quantitative estimate of drug-likeness (QED) is 0.615. The lowest BCUT2D eigenvalue weighted by Crippen LogP contribution is -2.56. The van der Waals surface area contributed by atoms with Gasteiger partial charge in [0.15, 0.2) is 0 Å². The van der Waals surface area contributed by atoms with Gasteiger partial charge in [0, 0.05) is 18.1 Å². The number of halogens is 1. The van der Waals surface area contributed by atoms with Crippen molar-refractivity contribution in [2.75, 3.05) is 13.1 Å². The van der Waals surface area contributed by atoms with E-state index in [1.54, 1.807) is 31.2 Å². The first-order chi connectivity index (χ1) is 16.1. The summed E-state index contributed by atoms with van der Waals surface area (Å²) in [6, 6.07) is 7.31. The molecule has 2 saturated heterocycles. The summed E-state index contributed by atoms with van der Waals surface area (Å²) in [5.41, 5.74) is 5.47. The van der Waals surface area contributed by atoms with Gasteiger partial charge in [0.2, 0.25) is 27.7 Å². The fraction of sp³-hybridized carbons (Fsp3) is 0.435. The van der Waals surface area contributed by atoms with E-state index in [2.05, 4.69) is 4.72 Å². The number of carbonyl (C=O) groups is 3. The van der Waals surface area contributed by atoms with Gasteiger partial charge in [0.1, 0.15) is 18.1 Å². The van der Waals surface area contributed by atoms with Gasteiger partial charge in [-0.05, 0) is 67.6 Å². The van der Waals surface area contributed by atoms with Gasteiger partial charge in [-0.1, -0.05) is 23.7 Å². The first kappa shape index (κ1) is 24.4. The van der Waals surface area contributed by atoms with Gasteiger partial charge in [-0.3, -0.25) is 14.4 Å². The normalized spacial score (nSPS) is 22.2. The molecule has 4 rings (SSSR count). The Balaban J connectivity index is 1.47. The number of nitrogens with one attached hydrogen (secondary N) is 1. The predicted octanol–water partition coefficient (Wildman–Crippen LogP) is 1.63. The van der Waals surface area contributed by atoms with Gasteiger partial charge < -0.3 is 15.5 Å². The molecule has 3 amide bonds. The molecule has 2 aliphatic rings. The summed E-state index contributed by atoms with van der Waals surface area (Å²) in [6.07, 6.45) is 2.30. The summed E-state index contributed by atoms with van der Waals surface area (Å²) in [5, 5.41) is 2.05. The molecule has 3 N–H and O–H groups in total. The molecule has 3 atom stereocenters. The van der Waals surface area contributed by atoms with Crippen molar-refractivity contribution >= 4 is 50.1 Å². The van der Waals surface area contributed by atoms with E-state index in [0.29, 0.717) is 23.4 Å². The minimum absolute atomic E-state index is 0.0373. The number of carbonyl (C=O) groups excluding carboxylic acids is 3. The number of hydrogen-bond acceptors (Lipinski definition) is 5. The Kier molecular flexibility index (Phi) is 6.84. The van der Waals surface area contributed by atoms with E-state index in [1.807, 2.05) is 0 Å². The number of primary amides is 1. The Hall–Kier alpha value is -2.69. The fourth-order valence-corrected chi connectivity index (χ4v) is 6.12. The summed E-state index contributed by atoms with van der Waals surface area (Å²) in [7, 11) is -3.98. The number of likely N-dealkylation sites (tertiary alicyclic amines) is 2. The molecule has 2 aromatic rings. The van der Waals surface area contributed by atoms with Crippen molar-refractivity contribution in [2.24, 2.45) is 5.73 Å². The summed E-state index contributed by atoms with van der Waals surface area (Å²) >= 11 is 5.99. The molecule has 2 aliphatic heterocycles. The van der Waals surface area contributed by atoms with Crippen LogP contribution in [0.3, 0.4) is 0 Å². The van der Waals surface area contributed by atoms with Crippen LogP contribution in [0.1, 0.15) is 32.6 Å². The number of rotatable bonds is 6. The van der Waals surface area contributed by atoms with Crippen molar-refractivity contribution in [3.05, 3.63) is 41.4 Å². The lowest BCUT2D eigenvalue weighted by atomic mass is 10.0. The number of amides is 3. The summed E-state index contributed by atoms with van der Waals surface area (Å²) in [4.78, 5) is 40.7. The van der Waals surface area contributed by atoms with Crippen LogP contribution in [-0.2, 0) is 24.4 Å². The average molecular weight is 507 g/mol. The highest BCUT2D eigenvalue weighted by atomic mass is 35.5. The SMILES string of the molecule is CC(C(=O)N1CCCCC1C(N)=O)N1CCC(NS(=O)(=O)c2ccc3cc(Cl)ccc3c2)C1=O. The van der Waals surface area contributed by atoms with E-state index in [4.69, 9.17) is 17.3 Å². The van der Waals surface area contributed by atoms with E-state index in [0.717, 1.165) is 18.2 Å². The molecule has 3 unspecified atom stereocenters. The molecule has 9 nitrogen and oxygen atoms in total. The second-order valence-electron chi connectivity index (χ2n) is 8.77. The molecule has 2 heterocycles. The van der Waals surface area contributed by atoms with Crippen molar-refractivity contribution in [3.8, 4) is 0 Å². The number of benzene rings is 2. The van der Waals surface area contributed by atoms with Crippen LogP contribution in [0.5, 0.6) is 0 Å². The lowest BCUT2D eigenvalue weighted by molar-refractivity contribution is -0.148. The molecule has 0 aliphatic carbocycles. The molecule has 0 bridgehead atoms. The molecule has 11 heteroatoms. The summed E-state index contributed by atoms with van der Waals surface area (Å²) in [5.74, 6) is -1.38. The van der Waals surface area contributed by atoms with Crippen LogP contribution in [-0.4, -0.2) is 67.2 Å². The third-order valence-corrected chi connectivity index (χ3v) is 8.26. The summed E-state index contributed by atoms with van der Waals surface area (Å²) < 4.78 is 28.5. The highest BCUT2D eigenvalue weighted by Gasteiger charge is 2.42. The van der Waals surface area contributed by atoms with Gasteiger partial charge in [-0.25, -0.2) is 8.42 Å². The molecule has 0 saturated carbocycles. The van der Waals surface area contributed by atoms with Crippen LogP contribution in [0.25, 0.3) is 10.8 Å². The Labute approximate surface area is 203 Å². The predicted molar refractivity (Wildman–Crippen MR) is 127 cm³/mol. The molecule has 0 radical (unpaired) electrons. The van der Waals surface area contributed by atoms with Crippen LogP contribution in [0.2, 0.25) is 5.02 Å². The minimum Gasteiger partial charge on any atom is -0.368 e. The minimum atomic E-state index is -3.98. The monoisotopic (exact) mass is 506 g/mol. The van der Waals surface area contributed by atoms with Gasteiger partial charge in [-0.2, -0.15) is 4.72 Å². The first-order valence-corrected chi connectivity index (χ1v) is 13.1. The Morgan fingerprint density at radius 3 is 2.53 bits per heavy atom. The topological polar surface area (TPSA) is 130 Å². The highest BCUT2D eigenvalue weighted by molar-refractivity contribution is 7.89. The van der Waals surface area contributed by atoms with Crippen LogP contribution in [0.4, 0.5) is 0 Å². The summed E-state index contributed by atoms with van der Waals surface area (Å²) in [6.45, 7) is 2.23. The maximum absolute atomic E-state index is 13.1. The molecule has 34 heavy (non-hydrogen) atoms. The molecule has 0 spiro atoms. The molecular formula is C23H27ClN4O5S. The third kappa shape index (κ3) is 4.75. The second-order valence-corrected chi connectivity index (χ2v) is 10.9. The van der Waals surface area contributed by atoms with Crippen molar-refractivity contribution in [3.63, 3.8) is 0 Å². The van der Waals surface area contributed by atoms with Crippen molar-refractivity contribution in [2.45, 2.75) is 55.6 Å². The molecule has 0 aromatic heterocycles. The zero-order valence-electron chi connectivity index (χ0n) is 18.7. The van der Waals surface area contributed by atoms with Crippen LogP contribution in [0.15, 0.2) is 41.3 Å². The highest BCUT2D eigenvalue weighted by Crippen LogP contribution is 2.25. The average Bonchev–Trinajstić information content (AvgIpc) is 3.16. The number of nitrogens with zero attached hydrogens (tertiary/aromatic N) is 2. The Morgan fingerprint density at radius 2 is 1.79 bits per heavy atom. The lowest BCUT2D eigenvalue weighted by Gasteiger charge is -2.37. The zero-order chi connectivity index (χ0) is 24.6. The van der Waals surface area contributed by atoms with Gasteiger partial charge in [0.05, 0.1) is 4.90 Å². The van der Waals surface area contributed by atoms with E-state index >= 15 is 0 Å². The van der Waals surface area contributed by atoms with Crippen LogP contribution in [0, 0.1) is 0 Å². The van der Waals surface area contributed by atoms with E-state index in [9.17, 15) is 22.8 Å². The Bertz CT molecular complexity index is 1250. The molecule has 182 valence electrons. The largest absolute Gasteiger partial charge is 0.368 e. The van der Waals surface area contributed by atoms with Crippen LogP contribution < -0.4 is 10.5 Å². The third-order valence-electron chi connectivity index (χ3n) is 6.56. The van der Waals surface area contributed by atoms with Crippen LogP contribution >= 0.6 is 11.6 Å². The van der Waals surface area contributed by atoms with E-state index in [1.165, 1.54) is 21.9 Å². The smallest absolute Gasteiger partial charge is 0.245 e. The van der Waals surface area contributed by atoms with Crippen molar-refractivity contribution in [1.29, 1.82) is 0 Å². The number of hydrogen-bond donors (Lipinski definition) is 2. The standard InChI is InChI=1S/C23H27ClN4O5S/c1-14(22(30)28-10-3-2-4-20(28)21(25)29)27-11-9-19(23(27)31)26-34(32,33)18-8-6-15-12-17(24)7-5-16(15)13-18/h5-8,12-14,19-20,26H,2-4,9-11H2,1H3,(H2,25,29). The number of piperidine rings is 1.